The normalized spacial score (nSPS) is 25.0. The second-order valence-electron chi connectivity index (χ2n) is 7.18. The fraction of sp³-hybridized carbons (Fsp3) is 0.579. The largest absolute Gasteiger partial charge is 0.338 e. The van der Waals surface area contributed by atoms with Crippen LogP contribution in [0.3, 0.4) is 0 Å². The monoisotopic (exact) mass is 326 g/mol. The van der Waals surface area contributed by atoms with Gasteiger partial charge in [-0.15, -0.1) is 0 Å². The number of para-hydroxylation sites is 2. The average molecular weight is 326 g/mol. The summed E-state index contributed by atoms with van der Waals surface area (Å²) in [6.45, 7) is 4.62. The van der Waals surface area contributed by atoms with Gasteiger partial charge in [0.15, 0.2) is 0 Å². The third-order valence-electron chi connectivity index (χ3n) is 5.79. The first kappa shape index (κ1) is 15.6. The third-order valence-corrected chi connectivity index (χ3v) is 5.79. The van der Waals surface area contributed by atoms with E-state index in [4.69, 9.17) is 4.98 Å². The minimum Gasteiger partial charge on any atom is -0.338 e. The minimum atomic E-state index is 0.229. The number of likely N-dealkylation sites (tertiary alicyclic amines) is 2. The van der Waals surface area contributed by atoms with E-state index in [-0.39, 0.29) is 5.91 Å². The summed E-state index contributed by atoms with van der Waals surface area (Å²) in [7, 11) is 2.10. The number of benzene rings is 1. The van der Waals surface area contributed by atoms with Gasteiger partial charge in [-0.25, -0.2) is 4.98 Å². The zero-order valence-corrected chi connectivity index (χ0v) is 14.6. The highest BCUT2D eigenvalue weighted by atomic mass is 16.2. The smallest absolute Gasteiger partial charge is 0.219 e. The molecule has 5 heteroatoms. The average Bonchev–Trinajstić information content (AvgIpc) is 3.27. The van der Waals surface area contributed by atoms with E-state index >= 15 is 0 Å². The van der Waals surface area contributed by atoms with Crippen molar-refractivity contribution in [2.75, 3.05) is 13.1 Å². The second kappa shape index (κ2) is 6.20. The molecule has 0 saturated carbocycles. The van der Waals surface area contributed by atoms with Crippen LogP contribution in [0, 0.1) is 0 Å². The van der Waals surface area contributed by atoms with Crippen molar-refractivity contribution in [3.05, 3.63) is 30.1 Å². The van der Waals surface area contributed by atoms with Gasteiger partial charge in [0.25, 0.3) is 0 Å². The standard InChI is InChI=1S/C19H26N4O/c1-14(24)23-12-6-10-18(23)17-9-5-11-22(17)13-19-20-15-7-3-4-8-16(15)21(19)2/h3-4,7-8,17-18H,5-6,9-13H2,1-2H3/t17-,18+/m1/s1. The van der Waals surface area contributed by atoms with Gasteiger partial charge in [0.1, 0.15) is 5.82 Å². The number of aryl methyl sites for hydroxylation is 1. The summed E-state index contributed by atoms with van der Waals surface area (Å²) in [4.78, 5) is 21.4. The van der Waals surface area contributed by atoms with Crippen molar-refractivity contribution in [2.24, 2.45) is 7.05 Å². The molecule has 0 N–H and O–H groups in total. The fourth-order valence-corrected chi connectivity index (χ4v) is 4.59. The Bertz CT molecular complexity index is 753. The van der Waals surface area contributed by atoms with Crippen LogP contribution in [0.15, 0.2) is 24.3 Å². The highest BCUT2D eigenvalue weighted by Crippen LogP contribution is 2.31. The molecule has 2 aliphatic heterocycles. The molecule has 24 heavy (non-hydrogen) atoms. The molecule has 5 nitrogen and oxygen atoms in total. The van der Waals surface area contributed by atoms with Crippen molar-refractivity contribution in [3.8, 4) is 0 Å². The number of nitrogens with zero attached hydrogens (tertiary/aromatic N) is 4. The van der Waals surface area contributed by atoms with E-state index in [2.05, 4.69) is 39.6 Å². The van der Waals surface area contributed by atoms with Gasteiger partial charge in [-0.1, -0.05) is 12.1 Å². The van der Waals surface area contributed by atoms with Crippen LogP contribution < -0.4 is 0 Å². The predicted octanol–water partition coefficient (Wildman–Crippen LogP) is 2.55. The van der Waals surface area contributed by atoms with Gasteiger partial charge in [-0.2, -0.15) is 0 Å². The first-order valence-electron chi connectivity index (χ1n) is 9.07. The van der Waals surface area contributed by atoms with E-state index in [0.29, 0.717) is 12.1 Å². The highest BCUT2D eigenvalue weighted by molar-refractivity contribution is 5.75. The van der Waals surface area contributed by atoms with E-state index in [9.17, 15) is 4.79 Å². The summed E-state index contributed by atoms with van der Waals surface area (Å²) >= 11 is 0. The van der Waals surface area contributed by atoms with Crippen LogP contribution in [0.25, 0.3) is 11.0 Å². The lowest BCUT2D eigenvalue weighted by Gasteiger charge is -2.34. The van der Waals surface area contributed by atoms with Crippen LogP contribution in [0.1, 0.15) is 38.4 Å². The summed E-state index contributed by atoms with van der Waals surface area (Å²) in [5.41, 5.74) is 2.26. The molecule has 1 amide bonds. The Hall–Kier alpha value is -1.88. The fourth-order valence-electron chi connectivity index (χ4n) is 4.59. The molecule has 0 bridgehead atoms. The molecule has 2 fully saturated rings. The Morgan fingerprint density at radius 1 is 1.17 bits per heavy atom. The summed E-state index contributed by atoms with van der Waals surface area (Å²) in [6.07, 6.45) is 4.69. The highest BCUT2D eigenvalue weighted by Gasteiger charge is 2.39. The maximum absolute atomic E-state index is 11.9. The van der Waals surface area contributed by atoms with Crippen molar-refractivity contribution in [1.82, 2.24) is 19.4 Å². The number of fused-ring (bicyclic) bond motifs is 1. The van der Waals surface area contributed by atoms with Crippen molar-refractivity contribution in [3.63, 3.8) is 0 Å². The second-order valence-corrected chi connectivity index (χ2v) is 7.18. The number of carbonyl (C=O) groups excluding carboxylic acids is 1. The lowest BCUT2D eigenvalue weighted by molar-refractivity contribution is -0.130. The Morgan fingerprint density at radius 3 is 2.71 bits per heavy atom. The van der Waals surface area contributed by atoms with E-state index < -0.39 is 0 Å². The van der Waals surface area contributed by atoms with Crippen LogP contribution >= 0.6 is 0 Å². The quantitative estimate of drug-likeness (QED) is 0.870. The number of imidazole rings is 1. The molecule has 0 spiro atoms. The van der Waals surface area contributed by atoms with Gasteiger partial charge < -0.3 is 9.47 Å². The molecule has 2 atom stereocenters. The van der Waals surface area contributed by atoms with Crippen molar-refractivity contribution >= 4 is 16.9 Å². The van der Waals surface area contributed by atoms with Crippen molar-refractivity contribution in [2.45, 2.75) is 51.2 Å². The molecular weight excluding hydrogens is 300 g/mol. The van der Waals surface area contributed by atoms with Gasteiger partial charge >= 0.3 is 0 Å². The molecule has 1 aromatic heterocycles. The number of carbonyl (C=O) groups is 1. The Labute approximate surface area is 143 Å². The van der Waals surface area contributed by atoms with Crippen LogP contribution in [0.2, 0.25) is 0 Å². The van der Waals surface area contributed by atoms with Crippen LogP contribution in [0.5, 0.6) is 0 Å². The molecule has 2 aromatic rings. The molecule has 2 saturated heterocycles. The molecule has 0 radical (unpaired) electrons. The summed E-state index contributed by atoms with van der Waals surface area (Å²) in [6, 6.07) is 9.18. The molecule has 0 aliphatic carbocycles. The van der Waals surface area contributed by atoms with Crippen molar-refractivity contribution < 1.29 is 4.79 Å². The van der Waals surface area contributed by atoms with Crippen molar-refractivity contribution in [1.29, 1.82) is 0 Å². The van der Waals surface area contributed by atoms with E-state index in [1.807, 2.05) is 6.07 Å². The molecule has 4 rings (SSSR count). The lowest BCUT2D eigenvalue weighted by atomic mass is 10.0. The van der Waals surface area contributed by atoms with E-state index in [1.165, 1.54) is 18.4 Å². The predicted molar refractivity (Wildman–Crippen MR) is 94.6 cm³/mol. The number of rotatable bonds is 3. The minimum absolute atomic E-state index is 0.229. The topological polar surface area (TPSA) is 41.4 Å². The zero-order valence-electron chi connectivity index (χ0n) is 14.6. The van der Waals surface area contributed by atoms with Crippen LogP contribution in [-0.4, -0.2) is 50.4 Å². The van der Waals surface area contributed by atoms with Gasteiger partial charge in [0, 0.05) is 32.6 Å². The maximum Gasteiger partial charge on any atom is 0.219 e. The van der Waals surface area contributed by atoms with Crippen LogP contribution in [0.4, 0.5) is 0 Å². The molecular formula is C19H26N4O. The number of hydrogen-bond donors (Lipinski definition) is 0. The summed E-state index contributed by atoms with van der Waals surface area (Å²) in [5.74, 6) is 1.35. The molecule has 128 valence electrons. The van der Waals surface area contributed by atoms with E-state index in [0.717, 1.165) is 43.8 Å². The third kappa shape index (κ3) is 2.61. The zero-order chi connectivity index (χ0) is 16.7. The van der Waals surface area contributed by atoms with Gasteiger partial charge in [-0.3, -0.25) is 9.69 Å². The Morgan fingerprint density at radius 2 is 1.92 bits per heavy atom. The molecule has 1 aromatic carbocycles. The summed E-state index contributed by atoms with van der Waals surface area (Å²) < 4.78 is 2.21. The Kier molecular flexibility index (Phi) is 4.04. The van der Waals surface area contributed by atoms with E-state index in [1.54, 1.807) is 6.92 Å². The Balaban J connectivity index is 1.56. The van der Waals surface area contributed by atoms with Gasteiger partial charge in [-0.05, 0) is 44.4 Å². The van der Waals surface area contributed by atoms with Gasteiger partial charge in [0.2, 0.25) is 5.91 Å². The van der Waals surface area contributed by atoms with Gasteiger partial charge in [0.05, 0.1) is 17.6 Å². The molecule has 0 unspecified atom stereocenters. The SMILES string of the molecule is CC(=O)N1CCC[C@H]1[C@H]1CCCN1Cc1nc2ccccc2n1C. The molecule has 3 heterocycles. The first-order valence-corrected chi connectivity index (χ1v) is 9.07. The maximum atomic E-state index is 11.9. The lowest BCUT2D eigenvalue weighted by Crippen LogP contribution is -2.47. The number of aromatic nitrogens is 2. The number of hydrogen-bond acceptors (Lipinski definition) is 3. The number of amides is 1. The summed E-state index contributed by atoms with van der Waals surface area (Å²) in [5, 5.41) is 0. The molecule has 2 aliphatic rings. The van der Waals surface area contributed by atoms with Crippen LogP contribution in [-0.2, 0) is 18.4 Å². The first-order chi connectivity index (χ1) is 11.6.